The van der Waals surface area contributed by atoms with Gasteiger partial charge in [0, 0.05) is 35.8 Å². The van der Waals surface area contributed by atoms with E-state index in [1.54, 1.807) is 14.2 Å². The monoisotopic (exact) mass is 424 g/mol. The number of nitrogens with zero attached hydrogens (tertiary/aromatic N) is 1. The van der Waals surface area contributed by atoms with Crippen molar-refractivity contribution in [2.24, 2.45) is 5.92 Å². The Hall–Kier alpha value is -2.57. The third-order valence-corrected chi connectivity index (χ3v) is 6.84. The van der Waals surface area contributed by atoms with Gasteiger partial charge < -0.3 is 19.9 Å². The molecule has 2 N–H and O–H groups in total. The minimum atomic E-state index is -0.694. The fraction of sp³-hybridized carbons (Fsp3) is 0.480. The van der Waals surface area contributed by atoms with E-state index in [-0.39, 0.29) is 24.4 Å². The number of ether oxygens (including phenoxy) is 2. The molecular formula is C25H32N2O4. The molecule has 2 fully saturated rings. The zero-order chi connectivity index (χ0) is 21.8. The van der Waals surface area contributed by atoms with Crippen LogP contribution in [0.25, 0.3) is 0 Å². The molecule has 1 amide bonds. The highest BCUT2D eigenvalue weighted by Crippen LogP contribution is 2.51. The zero-order valence-electron chi connectivity index (χ0n) is 18.3. The van der Waals surface area contributed by atoms with Gasteiger partial charge in [0.15, 0.2) is 0 Å². The van der Waals surface area contributed by atoms with Gasteiger partial charge in [0.2, 0.25) is 5.91 Å². The van der Waals surface area contributed by atoms with Gasteiger partial charge >= 0.3 is 0 Å². The molecule has 6 heteroatoms. The zero-order valence-corrected chi connectivity index (χ0v) is 18.3. The Bertz CT molecular complexity index is 904. The van der Waals surface area contributed by atoms with Crippen molar-refractivity contribution in [3.63, 3.8) is 0 Å². The lowest BCUT2D eigenvalue weighted by Crippen LogP contribution is -2.56. The molecule has 31 heavy (non-hydrogen) atoms. The number of carbonyl (C=O) groups is 1. The number of para-hydroxylation sites is 1. The lowest BCUT2D eigenvalue weighted by atomic mass is 9.66. The van der Waals surface area contributed by atoms with E-state index in [2.05, 4.69) is 10.2 Å². The summed E-state index contributed by atoms with van der Waals surface area (Å²) in [7, 11) is 3.29. The van der Waals surface area contributed by atoms with E-state index in [4.69, 9.17) is 9.47 Å². The summed E-state index contributed by atoms with van der Waals surface area (Å²) in [6, 6.07) is 15.2. The third kappa shape index (κ3) is 4.55. The maximum atomic E-state index is 12.9. The van der Waals surface area contributed by atoms with Crippen LogP contribution < -0.4 is 14.8 Å². The smallest absolute Gasteiger partial charge is 0.238 e. The molecule has 1 heterocycles. The number of amides is 1. The van der Waals surface area contributed by atoms with E-state index >= 15 is 0 Å². The van der Waals surface area contributed by atoms with Crippen LogP contribution in [0, 0.1) is 5.92 Å². The quantitative estimate of drug-likeness (QED) is 0.733. The van der Waals surface area contributed by atoms with Crippen molar-refractivity contribution >= 4 is 11.6 Å². The van der Waals surface area contributed by atoms with Crippen molar-refractivity contribution in [2.45, 2.75) is 43.7 Å². The molecule has 6 nitrogen and oxygen atoms in total. The first-order valence-corrected chi connectivity index (χ1v) is 11.1. The van der Waals surface area contributed by atoms with E-state index < -0.39 is 5.60 Å². The minimum absolute atomic E-state index is 0.0510. The van der Waals surface area contributed by atoms with Gasteiger partial charge in [-0.1, -0.05) is 37.1 Å². The van der Waals surface area contributed by atoms with Crippen LogP contribution in [0.3, 0.4) is 0 Å². The largest absolute Gasteiger partial charge is 0.497 e. The molecule has 2 aromatic rings. The second-order valence-corrected chi connectivity index (χ2v) is 8.64. The first kappa shape index (κ1) is 21.7. The minimum Gasteiger partial charge on any atom is -0.497 e. The molecule has 0 spiro atoms. The Morgan fingerprint density at radius 1 is 1.13 bits per heavy atom. The highest BCUT2D eigenvalue weighted by Gasteiger charge is 2.49. The molecule has 1 saturated heterocycles. The first-order valence-electron chi connectivity index (χ1n) is 11.1. The summed E-state index contributed by atoms with van der Waals surface area (Å²) in [6.07, 6.45) is 4.58. The second kappa shape index (κ2) is 9.28. The predicted octanol–water partition coefficient (Wildman–Crippen LogP) is 4.01. The highest BCUT2D eigenvalue weighted by atomic mass is 16.5. The van der Waals surface area contributed by atoms with Gasteiger partial charge in [0.25, 0.3) is 0 Å². The Balaban J connectivity index is 1.64. The van der Waals surface area contributed by atoms with Crippen LogP contribution in [-0.4, -0.2) is 48.8 Å². The van der Waals surface area contributed by atoms with E-state index in [1.807, 2.05) is 48.5 Å². The number of benzene rings is 2. The van der Waals surface area contributed by atoms with Gasteiger partial charge in [0.05, 0.1) is 26.4 Å². The Morgan fingerprint density at radius 2 is 1.94 bits per heavy atom. The number of methoxy groups -OCH3 is 2. The van der Waals surface area contributed by atoms with Crippen LogP contribution in [0.5, 0.6) is 11.5 Å². The second-order valence-electron chi connectivity index (χ2n) is 8.64. The molecular weight excluding hydrogens is 392 g/mol. The Kier molecular flexibility index (Phi) is 6.49. The molecule has 4 rings (SSSR count). The Labute approximate surface area is 184 Å². The van der Waals surface area contributed by atoms with Gasteiger partial charge in [-0.3, -0.25) is 9.69 Å². The Morgan fingerprint density at radius 3 is 2.68 bits per heavy atom. The van der Waals surface area contributed by atoms with Gasteiger partial charge in [-0.25, -0.2) is 0 Å². The SMILES string of the molecule is COc1ccc([C@@H]2[C@@H]3CCCC[C@@]3(O)CCN2CC(=O)Nc2ccccc2)c(OC)c1. The van der Waals surface area contributed by atoms with E-state index in [9.17, 15) is 9.90 Å². The molecule has 2 aromatic carbocycles. The van der Waals surface area contributed by atoms with Crippen molar-refractivity contribution in [3.05, 3.63) is 54.1 Å². The van der Waals surface area contributed by atoms with Crippen LogP contribution >= 0.6 is 0 Å². The average Bonchev–Trinajstić information content (AvgIpc) is 2.79. The van der Waals surface area contributed by atoms with Crippen molar-refractivity contribution < 1.29 is 19.4 Å². The summed E-state index contributed by atoms with van der Waals surface area (Å²) in [5.41, 5.74) is 1.10. The van der Waals surface area contributed by atoms with Crippen LogP contribution in [0.2, 0.25) is 0 Å². The molecule has 1 aliphatic heterocycles. The fourth-order valence-corrected chi connectivity index (χ4v) is 5.30. The van der Waals surface area contributed by atoms with Gasteiger partial charge in [-0.2, -0.15) is 0 Å². The summed E-state index contributed by atoms with van der Waals surface area (Å²) in [5, 5.41) is 14.5. The molecule has 1 saturated carbocycles. The number of carbonyl (C=O) groups excluding carboxylic acids is 1. The molecule has 0 bridgehead atoms. The number of aliphatic hydroxyl groups is 1. The highest BCUT2D eigenvalue weighted by molar-refractivity contribution is 5.92. The van der Waals surface area contributed by atoms with Crippen molar-refractivity contribution in [2.75, 3.05) is 32.6 Å². The number of hydrogen-bond acceptors (Lipinski definition) is 5. The number of fused-ring (bicyclic) bond motifs is 1. The van der Waals surface area contributed by atoms with E-state index in [0.29, 0.717) is 13.0 Å². The van der Waals surface area contributed by atoms with Gasteiger partial charge in [0.1, 0.15) is 11.5 Å². The van der Waals surface area contributed by atoms with E-state index in [1.165, 1.54) is 0 Å². The molecule has 166 valence electrons. The summed E-state index contributed by atoms with van der Waals surface area (Å²) in [5.74, 6) is 1.46. The van der Waals surface area contributed by atoms with Crippen molar-refractivity contribution in [1.29, 1.82) is 0 Å². The molecule has 3 atom stereocenters. The number of anilines is 1. The summed E-state index contributed by atoms with van der Waals surface area (Å²) in [4.78, 5) is 15.1. The average molecular weight is 425 g/mol. The molecule has 2 aliphatic rings. The van der Waals surface area contributed by atoms with Crippen LogP contribution in [0.1, 0.15) is 43.7 Å². The fourth-order valence-electron chi connectivity index (χ4n) is 5.30. The van der Waals surface area contributed by atoms with Crippen LogP contribution in [0.15, 0.2) is 48.5 Å². The van der Waals surface area contributed by atoms with Crippen molar-refractivity contribution in [3.8, 4) is 11.5 Å². The lowest BCUT2D eigenvalue weighted by molar-refractivity contribution is -0.135. The maximum Gasteiger partial charge on any atom is 0.238 e. The number of piperidine rings is 1. The number of hydrogen-bond donors (Lipinski definition) is 2. The summed E-state index contributed by atoms with van der Waals surface area (Å²) in [6.45, 7) is 0.927. The van der Waals surface area contributed by atoms with E-state index in [0.717, 1.165) is 48.4 Å². The maximum absolute atomic E-state index is 12.9. The first-order chi connectivity index (χ1) is 15.0. The van der Waals surface area contributed by atoms with Crippen LogP contribution in [0.4, 0.5) is 5.69 Å². The normalized spacial score (nSPS) is 26.0. The molecule has 0 aromatic heterocycles. The van der Waals surface area contributed by atoms with Gasteiger partial charge in [-0.05, 0) is 37.5 Å². The third-order valence-electron chi connectivity index (χ3n) is 6.84. The summed E-state index contributed by atoms with van der Waals surface area (Å²) < 4.78 is 11.1. The number of likely N-dealkylation sites (tertiary alicyclic amines) is 1. The molecule has 0 radical (unpaired) electrons. The number of nitrogens with one attached hydrogen (secondary N) is 1. The van der Waals surface area contributed by atoms with Gasteiger partial charge in [-0.15, -0.1) is 0 Å². The predicted molar refractivity (Wildman–Crippen MR) is 120 cm³/mol. The van der Waals surface area contributed by atoms with Crippen molar-refractivity contribution in [1.82, 2.24) is 4.90 Å². The summed E-state index contributed by atoms with van der Waals surface area (Å²) >= 11 is 0. The molecule has 0 unspecified atom stereocenters. The lowest BCUT2D eigenvalue weighted by Gasteiger charge is -2.52. The topological polar surface area (TPSA) is 71.0 Å². The molecule has 1 aliphatic carbocycles. The number of rotatable bonds is 6. The standard InChI is InChI=1S/C25H32N2O4/c1-30-19-11-12-20(22(16-19)31-2)24-21-10-6-7-13-25(21,29)14-15-27(24)17-23(28)26-18-8-4-3-5-9-18/h3-5,8-9,11-12,16,21,24,29H,6-7,10,13-15,17H2,1-2H3,(H,26,28)/t21-,24+,25+/m0/s1. The van der Waals surface area contributed by atoms with Crippen LogP contribution in [-0.2, 0) is 4.79 Å².